The van der Waals surface area contributed by atoms with Gasteiger partial charge >= 0.3 is 0 Å². The van der Waals surface area contributed by atoms with Crippen LogP contribution in [0.4, 0.5) is 0 Å². The zero-order valence-corrected chi connectivity index (χ0v) is 7.48. The molecule has 0 amide bonds. The van der Waals surface area contributed by atoms with Gasteiger partial charge in [-0.15, -0.1) is 0 Å². The molecule has 0 atom stereocenters. The van der Waals surface area contributed by atoms with Gasteiger partial charge in [-0.2, -0.15) is 4.73 Å². The molecule has 0 radical (unpaired) electrons. The summed E-state index contributed by atoms with van der Waals surface area (Å²) in [6, 6.07) is 2.00. The minimum Gasteiger partial charge on any atom is -0.428 e. The van der Waals surface area contributed by atoms with Crippen LogP contribution in [0.25, 0.3) is 0 Å². The SMILES string of the molecule is CCc1cc(C)cn(O)c1=S. The van der Waals surface area contributed by atoms with Gasteiger partial charge in [0.2, 0.25) is 0 Å². The Morgan fingerprint density at radius 3 is 2.82 bits per heavy atom. The van der Waals surface area contributed by atoms with Gasteiger partial charge in [-0.3, -0.25) is 0 Å². The van der Waals surface area contributed by atoms with Gasteiger partial charge in [-0.25, -0.2) is 0 Å². The minimum atomic E-state index is 0.512. The molecule has 1 aromatic rings. The molecule has 11 heavy (non-hydrogen) atoms. The van der Waals surface area contributed by atoms with Gasteiger partial charge in [0, 0.05) is 6.20 Å². The number of nitrogens with zero attached hydrogens (tertiary/aromatic N) is 1. The van der Waals surface area contributed by atoms with E-state index < -0.39 is 0 Å². The number of aromatic nitrogens is 1. The summed E-state index contributed by atoms with van der Waals surface area (Å²) in [5.41, 5.74) is 2.04. The highest BCUT2D eigenvalue weighted by Gasteiger charge is 1.97. The van der Waals surface area contributed by atoms with Gasteiger partial charge in [0.25, 0.3) is 0 Å². The maximum atomic E-state index is 9.22. The third kappa shape index (κ3) is 1.60. The van der Waals surface area contributed by atoms with Crippen LogP contribution in [0.3, 0.4) is 0 Å². The van der Waals surface area contributed by atoms with E-state index in [4.69, 9.17) is 12.2 Å². The van der Waals surface area contributed by atoms with Crippen LogP contribution in [0, 0.1) is 11.6 Å². The van der Waals surface area contributed by atoms with Crippen molar-refractivity contribution in [1.82, 2.24) is 4.73 Å². The van der Waals surface area contributed by atoms with Crippen molar-refractivity contribution in [1.29, 1.82) is 0 Å². The van der Waals surface area contributed by atoms with Crippen LogP contribution in [-0.2, 0) is 6.42 Å². The number of hydrogen-bond donors (Lipinski definition) is 1. The van der Waals surface area contributed by atoms with E-state index >= 15 is 0 Å². The molecular weight excluding hydrogens is 158 g/mol. The molecule has 0 saturated carbocycles. The lowest BCUT2D eigenvalue weighted by Gasteiger charge is -2.03. The minimum absolute atomic E-state index is 0.512. The van der Waals surface area contributed by atoms with Crippen LogP contribution in [-0.4, -0.2) is 9.94 Å². The Balaban J connectivity index is 3.37. The maximum Gasteiger partial charge on any atom is 0.145 e. The topological polar surface area (TPSA) is 25.2 Å². The van der Waals surface area contributed by atoms with Crippen molar-refractivity contribution in [3.05, 3.63) is 28.0 Å². The summed E-state index contributed by atoms with van der Waals surface area (Å²) < 4.78 is 1.52. The van der Waals surface area contributed by atoms with E-state index in [1.54, 1.807) is 6.20 Å². The zero-order valence-electron chi connectivity index (χ0n) is 6.66. The number of pyridine rings is 1. The fraction of sp³-hybridized carbons (Fsp3) is 0.375. The van der Waals surface area contributed by atoms with Crippen molar-refractivity contribution in [3.63, 3.8) is 0 Å². The smallest absolute Gasteiger partial charge is 0.145 e. The highest BCUT2D eigenvalue weighted by Crippen LogP contribution is 2.06. The normalized spacial score (nSPS) is 10.0. The van der Waals surface area contributed by atoms with E-state index in [-0.39, 0.29) is 0 Å². The third-order valence-electron chi connectivity index (χ3n) is 1.59. The summed E-state index contributed by atoms with van der Waals surface area (Å²) in [5, 5.41) is 9.22. The van der Waals surface area contributed by atoms with Gasteiger partial charge < -0.3 is 5.21 Å². The number of hydrogen-bond acceptors (Lipinski definition) is 2. The van der Waals surface area contributed by atoms with E-state index in [1.165, 1.54) is 0 Å². The van der Waals surface area contributed by atoms with E-state index in [0.29, 0.717) is 4.64 Å². The predicted octanol–water partition coefficient (Wildman–Crippen LogP) is 2.33. The molecule has 0 unspecified atom stereocenters. The first-order chi connectivity index (χ1) is 5.15. The third-order valence-corrected chi connectivity index (χ3v) is 2.04. The molecule has 1 aromatic heterocycles. The molecule has 2 nitrogen and oxygen atoms in total. The van der Waals surface area contributed by atoms with Gasteiger partial charge in [0.05, 0.1) is 0 Å². The fourth-order valence-corrected chi connectivity index (χ4v) is 1.28. The summed E-state index contributed by atoms with van der Waals surface area (Å²) in [5.74, 6) is 0. The molecule has 0 aliphatic heterocycles. The van der Waals surface area contributed by atoms with Crippen LogP contribution in [0.5, 0.6) is 0 Å². The van der Waals surface area contributed by atoms with Crippen molar-refractivity contribution in [2.45, 2.75) is 20.3 Å². The van der Waals surface area contributed by atoms with Crippen molar-refractivity contribution in [2.24, 2.45) is 0 Å². The Morgan fingerprint density at radius 2 is 2.27 bits per heavy atom. The van der Waals surface area contributed by atoms with Gasteiger partial charge in [0.15, 0.2) is 0 Å². The molecule has 1 heterocycles. The van der Waals surface area contributed by atoms with Crippen molar-refractivity contribution >= 4 is 12.2 Å². The summed E-state index contributed by atoms with van der Waals surface area (Å²) in [6.45, 7) is 3.95. The summed E-state index contributed by atoms with van der Waals surface area (Å²) in [6.07, 6.45) is 2.47. The van der Waals surface area contributed by atoms with Gasteiger partial charge in [-0.05, 0) is 24.5 Å². The molecule has 0 fully saturated rings. The molecule has 1 rings (SSSR count). The summed E-state index contributed by atoms with van der Waals surface area (Å²) >= 11 is 4.96. The average Bonchev–Trinajstić information content (AvgIpc) is 1.96. The Hall–Kier alpha value is -0.830. The highest BCUT2D eigenvalue weighted by molar-refractivity contribution is 7.71. The van der Waals surface area contributed by atoms with Crippen LogP contribution in [0.1, 0.15) is 18.1 Å². The van der Waals surface area contributed by atoms with Crippen LogP contribution in [0.15, 0.2) is 12.3 Å². The standard InChI is InChI=1S/C8H11NOS/c1-3-7-4-6(2)5-9(10)8(7)11/h4-5,10H,3H2,1-2H3. The second-order valence-corrected chi connectivity index (χ2v) is 2.93. The van der Waals surface area contributed by atoms with Crippen LogP contribution >= 0.6 is 12.2 Å². The van der Waals surface area contributed by atoms with Crippen LogP contribution < -0.4 is 0 Å². The zero-order chi connectivity index (χ0) is 8.43. The quantitative estimate of drug-likeness (QED) is 0.515. The highest BCUT2D eigenvalue weighted by atomic mass is 32.1. The van der Waals surface area contributed by atoms with Gasteiger partial charge in [-0.1, -0.05) is 25.2 Å². The molecule has 0 aliphatic rings. The molecule has 60 valence electrons. The lowest BCUT2D eigenvalue weighted by atomic mass is 10.2. The lowest BCUT2D eigenvalue weighted by Crippen LogP contribution is -1.98. The average molecular weight is 169 g/mol. The lowest BCUT2D eigenvalue weighted by molar-refractivity contribution is 0.179. The Labute approximate surface area is 71.1 Å². The predicted molar refractivity (Wildman–Crippen MR) is 46.6 cm³/mol. The number of aryl methyl sites for hydroxylation is 2. The molecule has 0 bridgehead atoms. The van der Waals surface area contributed by atoms with Crippen molar-refractivity contribution in [2.75, 3.05) is 0 Å². The fourth-order valence-electron chi connectivity index (χ4n) is 1.03. The van der Waals surface area contributed by atoms with E-state index in [0.717, 1.165) is 22.3 Å². The number of rotatable bonds is 1. The first kappa shape index (κ1) is 8.27. The Kier molecular flexibility index (Phi) is 2.29. The van der Waals surface area contributed by atoms with E-state index in [1.807, 2.05) is 19.9 Å². The Morgan fingerprint density at radius 1 is 1.64 bits per heavy atom. The molecule has 0 aromatic carbocycles. The first-order valence-electron chi connectivity index (χ1n) is 3.56. The van der Waals surface area contributed by atoms with Crippen LogP contribution in [0.2, 0.25) is 0 Å². The molecule has 0 saturated heterocycles. The van der Waals surface area contributed by atoms with E-state index in [2.05, 4.69) is 0 Å². The molecule has 0 aliphatic carbocycles. The van der Waals surface area contributed by atoms with Gasteiger partial charge in [0.1, 0.15) is 4.64 Å². The second kappa shape index (κ2) is 3.05. The molecule has 3 heteroatoms. The summed E-state index contributed by atoms with van der Waals surface area (Å²) in [4.78, 5) is 0. The molecule has 1 N–H and O–H groups in total. The maximum absolute atomic E-state index is 9.22. The monoisotopic (exact) mass is 169 g/mol. The molecule has 0 spiro atoms. The first-order valence-corrected chi connectivity index (χ1v) is 3.97. The molecular formula is C8H11NOS. The van der Waals surface area contributed by atoms with Crippen molar-refractivity contribution in [3.8, 4) is 0 Å². The largest absolute Gasteiger partial charge is 0.428 e. The second-order valence-electron chi connectivity index (χ2n) is 2.55. The Bertz CT molecular complexity index is 316. The summed E-state index contributed by atoms with van der Waals surface area (Å²) in [7, 11) is 0. The van der Waals surface area contributed by atoms with E-state index in [9.17, 15) is 5.21 Å². The van der Waals surface area contributed by atoms with Crippen molar-refractivity contribution < 1.29 is 5.21 Å².